The summed E-state index contributed by atoms with van der Waals surface area (Å²) < 4.78 is 45.4. The van der Waals surface area contributed by atoms with Crippen LogP contribution >= 0.6 is 0 Å². The monoisotopic (exact) mass is 508 g/mol. The van der Waals surface area contributed by atoms with Gasteiger partial charge in [0.15, 0.2) is 0 Å². The summed E-state index contributed by atoms with van der Waals surface area (Å²) in [5, 5.41) is 2.19. The lowest BCUT2D eigenvalue weighted by molar-refractivity contribution is -0.182. The zero-order valence-corrected chi connectivity index (χ0v) is 21.1. The van der Waals surface area contributed by atoms with Crippen LogP contribution in [0.3, 0.4) is 0 Å². The van der Waals surface area contributed by atoms with Crippen molar-refractivity contribution >= 4 is 29.6 Å². The van der Waals surface area contributed by atoms with Gasteiger partial charge in [-0.25, -0.2) is 4.79 Å². The number of hydrogen-bond acceptors (Lipinski definition) is 7. The second-order valence-corrected chi connectivity index (χ2v) is 9.94. The third kappa shape index (κ3) is 7.91. The molecule has 4 amide bonds. The van der Waals surface area contributed by atoms with Gasteiger partial charge in [0, 0.05) is 6.54 Å². The standard InChI is InChI=1S/C22H35F3N4O6/c1-11(2)15(16(30)22(23,24)25)29(18(32)13(4)27-20(34)35-21(5,6)7)19(33)14-9-8-10-28(14)17(31)12(3)26/h11-15H,8-10,26H2,1-7H3,(H,27,34). The number of nitrogens with one attached hydrogen (secondary N) is 1. The number of rotatable bonds is 7. The molecule has 0 bridgehead atoms. The first-order chi connectivity index (χ1) is 15.8. The number of imide groups is 1. The minimum absolute atomic E-state index is 0.0694. The lowest BCUT2D eigenvalue weighted by atomic mass is 9.95. The second kappa shape index (κ2) is 11.4. The van der Waals surface area contributed by atoms with Crippen molar-refractivity contribution in [2.24, 2.45) is 11.7 Å². The van der Waals surface area contributed by atoms with Gasteiger partial charge in [-0.2, -0.15) is 13.2 Å². The van der Waals surface area contributed by atoms with E-state index >= 15 is 0 Å². The summed E-state index contributed by atoms with van der Waals surface area (Å²) >= 11 is 0. The van der Waals surface area contributed by atoms with Crippen LogP contribution in [0.15, 0.2) is 0 Å². The predicted octanol–water partition coefficient (Wildman–Crippen LogP) is 1.75. The zero-order valence-electron chi connectivity index (χ0n) is 21.1. The van der Waals surface area contributed by atoms with Gasteiger partial charge in [0.25, 0.3) is 17.6 Å². The van der Waals surface area contributed by atoms with Crippen LogP contribution in [0.4, 0.5) is 18.0 Å². The Morgan fingerprint density at radius 2 is 1.60 bits per heavy atom. The SMILES string of the molecule is CC(N)C(=O)N1CCCC1C(=O)N(C(=O)C(C)NC(=O)OC(C)(C)C)C(C(=O)C(F)(F)F)C(C)C. The van der Waals surface area contributed by atoms with Crippen molar-refractivity contribution < 1.29 is 41.9 Å². The first kappa shape index (κ1) is 30.3. The van der Waals surface area contributed by atoms with Crippen LogP contribution in [0, 0.1) is 5.92 Å². The van der Waals surface area contributed by atoms with Gasteiger partial charge in [-0.05, 0) is 53.4 Å². The van der Waals surface area contributed by atoms with Crippen molar-refractivity contribution in [3.63, 3.8) is 0 Å². The third-order valence-electron chi connectivity index (χ3n) is 5.25. The number of nitrogens with zero attached hydrogens (tertiary/aromatic N) is 2. The smallest absolute Gasteiger partial charge is 0.444 e. The van der Waals surface area contributed by atoms with Crippen LogP contribution in [0.1, 0.15) is 61.3 Å². The normalized spacial score (nSPS) is 19.1. The van der Waals surface area contributed by atoms with E-state index in [1.807, 2.05) is 0 Å². The van der Waals surface area contributed by atoms with Crippen molar-refractivity contribution in [3.8, 4) is 0 Å². The molecule has 1 rings (SSSR count). The fourth-order valence-corrected chi connectivity index (χ4v) is 3.73. The first-order valence-electron chi connectivity index (χ1n) is 11.3. The number of likely N-dealkylation sites (tertiary alicyclic amines) is 1. The Kier molecular flexibility index (Phi) is 9.84. The highest BCUT2D eigenvalue weighted by Gasteiger charge is 2.52. The zero-order chi connectivity index (χ0) is 27.5. The van der Waals surface area contributed by atoms with Crippen LogP contribution in [0.2, 0.25) is 0 Å². The maximum Gasteiger partial charge on any atom is 0.452 e. The molecule has 1 heterocycles. The number of Topliss-reactive ketones (excluding diaryl/α,β-unsaturated/α-hetero) is 1. The van der Waals surface area contributed by atoms with Gasteiger partial charge in [-0.1, -0.05) is 13.8 Å². The number of carbonyl (C=O) groups excluding carboxylic acids is 5. The van der Waals surface area contributed by atoms with Crippen LogP contribution in [0.5, 0.6) is 0 Å². The summed E-state index contributed by atoms with van der Waals surface area (Å²) in [6, 6.07) is -5.99. The Labute approximate surface area is 202 Å². The van der Waals surface area contributed by atoms with Crippen LogP contribution in [0.25, 0.3) is 0 Å². The van der Waals surface area contributed by atoms with E-state index in [-0.39, 0.29) is 17.9 Å². The van der Waals surface area contributed by atoms with Crippen molar-refractivity contribution in [2.45, 2.75) is 97.3 Å². The molecule has 10 nitrogen and oxygen atoms in total. The van der Waals surface area contributed by atoms with E-state index in [2.05, 4.69) is 5.32 Å². The van der Waals surface area contributed by atoms with Crippen molar-refractivity contribution in [1.29, 1.82) is 0 Å². The van der Waals surface area contributed by atoms with E-state index in [9.17, 15) is 37.1 Å². The van der Waals surface area contributed by atoms with Gasteiger partial charge in [0.05, 0.1) is 6.04 Å². The van der Waals surface area contributed by atoms with Gasteiger partial charge in [0.2, 0.25) is 5.91 Å². The molecule has 0 aromatic rings. The molecule has 0 aliphatic carbocycles. The van der Waals surface area contributed by atoms with Crippen molar-refractivity contribution in [1.82, 2.24) is 15.1 Å². The Hall–Kier alpha value is -2.70. The van der Waals surface area contributed by atoms with E-state index in [4.69, 9.17) is 10.5 Å². The molecule has 35 heavy (non-hydrogen) atoms. The number of ether oxygens (including phenoxy) is 1. The van der Waals surface area contributed by atoms with Crippen LogP contribution in [-0.2, 0) is 23.9 Å². The molecule has 3 N–H and O–H groups in total. The number of hydrogen-bond donors (Lipinski definition) is 2. The highest BCUT2D eigenvalue weighted by Crippen LogP contribution is 2.28. The van der Waals surface area contributed by atoms with Gasteiger partial charge < -0.3 is 20.7 Å². The van der Waals surface area contributed by atoms with Crippen LogP contribution in [-0.4, -0.2) is 81.9 Å². The minimum Gasteiger partial charge on any atom is -0.444 e. The number of alkyl halides is 3. The average Bonchev–Trinajstić information content (AvgIpc) is 3.16. The maximum absolute atomic E-state index is 13.5. The fourth-order valence-electron chi connectivity index (χ4n) is 3.73. The molecular formula is C22H35F3N4O6. The first-order valence-corrected chi connectivity index (χ1v) is 11.3. The Morgan fingerprint density at radius 3 is 2.03 bits per heavy atom. The molecule has 0 spiro atoms. The molecule has 0 aromatic carbocycles. The number of carbonyl (C=O) groups is 5. The van der Waals surface area contributed by atoms with Gasteiger partial charge in [0.1, 0.15) is 23.7 Å². The molecule has 1 saturated heterocycles. The van der Waals surface area contributed by atoms with Crippen LogP contribution < -0.4 is 11.1 Å². The van der Waals surface area contributed by atoms with E-state index in [1.165, 1.54) is 20.8 Å². The molecule has 1 aliphatic rings. The number of amides is 4. The van der Waals surface area contributed by atoms with E-state index in [0.29, 0.717) is 6.42 Å². The second-order valence-electron chi connectivity index (χ2n) is 9.94. The molecule has 0 saturated carbocycles. The molecule has 1 aliphatic heterocycles. The van der Waals surface area contributed by atoms with Crippen molar-refractivity contribution in [2.75, 3.05) is 6.54 Å². The molecular weight excluding hydrogens is 473 g/mol. The van der Waals surface area contributed by atoms with E-state index in [1.54, 1.807) is 20.8 Å². The molecule has 0 aromatic heterocycles. The maximum atomic E-state index is 13.5. The Morgan fingerprint density at radius 1 is 1.06 bits per heavy atom. The van der Waals surface area contributed by atoms with Gasteiger partial charge in [-0.3, -0.25) is 24.1 Å². The number of halogens is 3. The summed E-state index contributed by atoms with van der Waals surface area (Å²) in [6.07, 6.45) is -5.96. The Bertz CT molecular complexity index is 838. The summed E-state index contributed by atoms with van der Waals surface area (Å²) in [6.45, 7) is 9.87. The third-order valence-corrected chi connectivity index (χ3v) is 5.25. The molecule has 200 valence electrons. The molecule has 1 fully saturated rings. The highest BCUT2D eigenvalue weighted by atomic mass is 19.4. The van der Waals surface area contributed by atoms with E-state index < -0.39 is 71.5 Å². The number of alkyl carbamates (subject to hydrolysis) is 1. The average molecular weight is 509 g/mol. The van der Waals surface area contributed by atoms with Crippen molar-refractivity contribution in [3.05, 3.63) is 0 Å². The molecule has 13 heteroatoms. The molecule has 0 radical (unpaired) electrons. The largest absolute Gasteiger partial charge is 0.452 e. The predicted molar refractivity (Wildman–Crippen MR) is 119 cm³/mol. The summed E-state index contributed by atoms with van der Waals surface area (Å²) in [7, 11) is 0. The lowest BCUT2D eigenvalue weighted by Gasteiger charge is -2.37. The summed E-state index contributed by atoms with van der Waals surface area (Å²) in [5.41, 5.74) is 4.70. The highest BCUT2D eigenvalue weighted by molar-refractivity contribution is 6.06. The molecule has 4 atom stereocenters. The fraction of sp³-hybridized carbons (Fsp3) is 0.773. The quantitative estimate of drug-likeness (QED) is 0.534. The number of nitrogens with two attached hydrogens (primary N) is 1. The Balaban J connectivity index is 3.45. The lowest BCUT2D eigenvalue weighted by Crippen LogP contribution is -2.62. The van der Waals surface area contributed by atoms with Gasteiger partial charge >= 0.3 is 12.3 Å². The molecule has 4 unspecified atom stereocenters. The van der Waals surface area contributed by atoms with Gasteiger partial charge in [-0.15, -0.1) is 0 Å². The summed E-state index contributed by atoms with van der Waals surface area (Å²) in [4.78, 5) is 65.1. The van der Waals surface area contributed by atoms with E-state index in [0.717, 1.165) is 11.8 Å². The topological polar surface area (TPSA) is 139 Å². The minimum atomic E-state index is -5.34. The summed E-state index contributed by atoms with van der Waals surface area (Å²) in [5.74, 6) is -6.41. The number of ketones is 1.